The summed E-state index contributed by atoms with van der Waals surface area (Å²) >= 11 is 1.13. The lowest BCUT2D eigenvalue weighted by Crippen LogP contribution is -2.12. The molecule has 1 aromatic carbocycles. The molecule has 0 bridgehead atoms. The second-order valence-corrected chi connectivity index (χ2v) is 6.92. The van der Waals surface area contributed by atoms with Crippen LogP contribution in [0.4, 0.5) is 5.69 Å². The summed E-state index contributed by atoms with van der Waals surface area (Å²) in [7, 11) is -3.58. The van der Waals surface area contributed by atoms with Gasteiger partial charge in [-0.2, -0.15) is 0 Å². The van der Waals surface area contributed by atoms with Crippen LogP contribution in [0.25, 0.3) is 6.08 Å². The van der Waals surface area contributed by atoms with Crippen molar-refractivity contribution < 1.29 is 13.2 Å². The Kier molecular flexibility index (Phi) is 5.02. The first-order chi connectivity index (χ1) is 10.5. The van der Waals surface area contributed by atoms with Crippen LogP contribution < -0.4 is 10.1 Å². The Balaban J connectivity index is 2.06. The van der Waals surface area contributed by atoms with E-state index < -0.39 is 15.9 Å². The molecular formula is C13H11N3O4S2. The zero-order valence-corrected chi connectivity index (χ0v) is 12.7. The number of nitrogens with zero attached hydrogens (tertiary/aromatic N) is 1. The minimum atomic E-state index is -3.58. The molecule has 1 heterocycles. The predicted octanol–water partition coefficient (Wildman–Crippen LogP) is 2.36. The first-order valence-corrected chi connectivity index (χ1v) is 8.34. The van der Waals surface area contributed by atoms with Gasteiger partial charge in [-0.1, -0.05) is 18.2 Å². The maximum Gasteiger partial charge on any atom is 0.271 e. The molecule has 2 rings (SSSR count). The monoisotopic (exact) mass is 337 g/mol. The fourth-order valence-corrected chi connectivity index (χ4v) is 3.59. The number of anilines is 1. The summed E-state index contributed by atoms with van der Waals surface area (Å²) in [5.74, 6) is -0.641. The molecule has 9 heteroatoms. The lowest BCUT2D eigenvalue weighted by Gasteiger charge is -2.06. The molecule has 1 aromatic heterocycles. The van der Waals surface area contributed by atoms with E-state index in [0.29, 0.717) is 11.3 Å². The second kappa shape index (κ2) is 6.96. The minimum absolute atomic E-state index is 0.231. The molecule has 2 N–H and O–H groups in total. The van der Waals surface area contributed by atoms with Gasteiger partial charge in [0, 0.05) is 11.8 Å². The van der Waals surface area contributed by atoms with Gasteiger partial charge in [-0.05, 0) is 35.2 Å². The Labute approximate surface area is 130 Å². The molecule has 0 unspecified atom stereocenters. The summed E-state index contributed by atoms with van der Waals surface area (Å²) in [6, 6.07) is 9.58. The average Bonchev–Trinajstić information content (AvgIpc) is 3.02. The number of benzene rings is 1. The van der Waals surface area contributed by atoms with Crippen molar-refractivity contribution in [3.63, 3.8) is 0 Å². The summed E-state index contributed by atoms with van der Waals surface area (Å²) in [5.41, 5.74) is 2.80. The zero-order chi connectivity index (χ0) is 16.0. The molecule has 0 spiro atoms. The molecule has 0 saturated carbocycles. The normalized spacial score (nSPS) is 11.3. The molecular weight excluding hydrogens is 326 g/mol. The van der Waals surface area contributed by atoms with Crippen molar-refractivity contribution >= 4 is 39.0 Å². The van der Waals surface area contributed by atoms with Gasteiger partial charge in [0.25, 0.3) is 15.9 Å². The summed E-state index contributed by atoms with van der Waals surface area (Å²) < 4.78 is 26.7. The third-order valence-electron chi connectivity index (χ3n) is 2.51. The van der Waals surface area contributed by atoms with Crippen LogP contribution in [-0.2, 0) is 14.8 Å². The van der Waals surface area contributed by atoms with Gasteiger partial charge >= 0.3 is 0 Å². The predicted molar refractivity (Wildman–Crippen MR) is 84.5 cm³/mol. The number of carbonyl (C=O) groups excluding carboxylic acids is 1. The number of nitrogens with one attached hydrogen (secondary N) is 2. The molecule has 2 aromatic rings. The molecule has 0 fully saturated rings. The van der Waals surface area contributed by atoms with Crippen LogP contribution in [0.1, 0.15) is 5.56 Å². The van der Waals surface area contributed by atoms with Crippen LogP contribution in [0.15, 0.2) is 57.3 Å². The van der Waals surface area contributed by atoms with Crippen LogP contribution in [0.3, 0.4) is 0 Å². The highest BCUT2D eigenvalue weighted by Crippen LogP contribution is 2.20. The largest absolute Gasteiger partial charge is 0.279 e. The topological polar surface area (TPSA) is 105 Å². The Hall–Kier alpha value is -2.52. The molecule has 0 radical (unpaired) electrons. The Morgan fingerprint density at radius 2 is 1.91 bits per heavy atom. The van der Waals surface area contributed by atoms with E-state index in [9.17, 15) is 18.1 Å². The summed E-state index contributed by atoms with van der Waals surface area (Å²) in [5, 5.41) is 3.93. The molecule has 22 heavy (non-hydrogen) atoms. The van der Waals surface area contributed by atoms with Crippen LogP contribution in [-0.4, -0.2) is 14.3 Å². The van der Waals surface area contributed by atoms with Gasteiger partial charge in [0.1, 0.15) is 4.21 Å². The lowest BCUT2D eigenvalue weighted by atomic mass is 10.2. The highest BCUT2D eigenvalue weighted by molar-refractivity contribution is 7.94. The van der Waals surface area contributed by atoms with Crippen molar-refractivity contribution in [2.24, 2.45) is 5.29 Å². The smallest absolute Gasteiger partial charge is 0.271 e. The van der Waals surface area contributed by atoms with Crippen molar-refractivity contribution in [1.29, 1.82) is 0 Å². The van der Waals surface area contributed by atoms with Gasteiger partial charge in [-0.15, -0.1) is 16.2 Å². The number of thiophene rings is 1. The first-order valence-electron chi connectivity index (χ1n) is 5.98. The summed E-state index contributed by atoms with van der Waals surface area (Å²) in [6.45, 7) is 0. The quantitative estimate of drug-likeness (QED) is 0.479. The van der Waals surface area contributed by atoms with Gasteiger partial charge < -0.3 is 0 Å². The molecule has 114 valence electrons. The van der Waals surface area contributed by atoms with Crippen molar-refractivity contribution in [2.45, 2.75) is 4.21 Å². The maximum atomic E-state index is 12.0. The van der Waals surface area contributed by atoms with E-state index in [2.05, 4.69) is 10.0 Å². The van der Waals surface area contributed by atoms with E-state index in [4.69, 9.17) is 0 Å². The Morgan fingerprint density at radius 1 is 1.18 bits per heavy atom. The lowest BCUT2D eigenvalue weighted by molar-refractivity contribution is -0.116. The van der Waals surface area contributed by atoms with Gasteiger partial charge in [0.2, 0.25) is 0 Å². The molecule has 0 atom stereocenters. The summed E-state index contributed by atoms with van der Waals surface area (Å²) in [4.78, 5) is 20.8. The molecule has 1 amide bonds. The van der Waals surface area contributed by atoms with E-state index in [1.165, 1.54) is 12.1 Å². The van der Waals surface area contributed by atoms with E-state index >= 15 is 0 Å². The molecule has 0 aliphatic carbocycles. The highest BCUT2D eigenvalue weighted by Gasteiger charge is 2.14. The molecule has 0 aliphatic rings. The second-order valence-electron chi connectivity index (χ2n) is 4.06. The van der Waals surface area contributed by atoms with Gasteiger partial charge in [-0.25, -0.2) is 13.8 Å². The first kappa shape index (κ1) is 15.9. The number of hydrogen-bond donors (Lipinski definition) is 2. The van der Waals surface area contributed by atoms with Crippen molar-refractivity contribution in [3.8, 4) is 0 Å². The third-order valence-corrected chi connectivity index (χ3v) is 5.28. The number of sulfonamides is 1. The number of rotatable bonds is 6. The number of nitroso groups, excluding NO2 is 1. The van der Waals surface area contributed by atoms with E-state index in [1.54, 1.807) is 41.1 Å². The van der Waals surface area contributed by atoms with Crippen LogP contribution in [0, 0.1) is 4.91 Å². The average molecular weight is 337 g/mol. The molecule has 0 aliphatic heterocycles. The fourth-order valence-electron chi connectivity index (χ4n) is 1.54. The van der Waals surface area contributed by atoms with Crippen molar-refractivity contribution in [1.82, 2.24) is 5.43 Å². The van der Waals surface area contributed by atoms with Gasteiger partial charge in [0.15, 0.2) is 0 Å². The number of carbonyl (C=O) groups is 1. The van der Waals surface area contributed by atoms with E-state index in [0.717, 1.165) is 17.4 Å². The fraction of sp³-hybridized carbons (Fsp3) is 0. The van der Waals surface area contributed by atoms with Crippen LogP contribution in [0.2, 0.25) is 0 Å². The van der Waals surface area contributed by atoms with Crippen LogP contribution >= 0.6 is 11.3 Å². The van der Waals surface area contributed by atoms with Crippen molar-refractivity contribution in [3.05, 3.63) is 58.3 Å². The van der Waals surface area contributed by atoms with Gasteiger partial charge in [-0.3, -0.25) is 9.52 Å². The third kappa shape index (κ3) is 4.24. The molecule has 7 nitrogen and oxygen atoms in total. The number of amides is 1. The standard InChI is InChI=1S/C13H11N3O4S2/c17-12(14-16-18)8-5-10-3-6-11(7-4-10)15-22(19,20)13-2-1-9-21-13/h1-9,15H,(H,14,17,18)/b8-5+. The Morgan fingerprint density at radius 3 is 2.50 bits per heavy atom. The maximum absolute atomic E-state index is 12.0. The number of hydrogen-bond acceptors (Lipinski definition) is 6. The Bertz CT molecular complexity index is 781. The van der Waals surface area contributed by atoms with Crippen LogP contribution in [0.5, 0.6) is 0 Å². The van der Waals surface area contributed by atoms with Crippen molar-refractivity contribution in [2.75, 3.05) is 4.72 Å². The SMILES string of the molecule is O=NNC(=O)/C=C/c1ccc(NS(=O)(=O)c2cccs2)cc1. The molecule has 0 saturated heterocycles. The highest BCUT2D eigenvalue weighted by atomic mass is 32.2. The van der Waals surface area contributed by atoms with Gasteiger partial charge in [0.05, 0.1) is 5.29 Å². The zero-order valence-electron chi connectivity index (χ0n) is 11.1. The summed E-state index contributed by atoms with van der Waals surface area (Å²) in [6.07, 6.45) is 2.62. The van der Waals surface area contributed by atoms with E-state index in [1.807, 2.05) is 0 Å². The van der Waals surface area contributed by atoms with E-state index in [-0.39, 0.29) is 4.21 Å². The minimum Gasteiger partial charge on any atom is -0.279 e.